The van der Waals surface area contributed by atoms with Gasteiger partial charge in [0.2, 0.25) is 0 Å². The molecule has 1 unspecified atom stereocenters. The van der Waals surface area contributed by atoms with Crippen molar-refractivity contribution in [1.29, 1.82) is 0 Å². The third-order valence-corrected chi connectivity index (χ3v) is 5.50. The van der Waals surface area contributed by atoms with Crippen LogP contribution in [0.4, 0.5) is 0 Å². The Hall–Kier alpha value is -2.57. The number of ether oxygens (including phenoxy) is 1. The van der Waals surface area contributed by atoms with Gasteiger partial charge in [0.25, 0.3) is 5.56 Å². The van der Waals surface area contributed by atoms with E-state index >= 15 is 0 Å². The van der Waals surface area contributed by atoms with Gasteiger partial charge < -0.3 is 14.2 Å². The third-order valence-electron chi connectivity index (χ3n) is 5.50. The molecule has 0 N–H and O–H groups in total. The lowest BCUT2D eigenvalue weighted by atomic mass is 10.0. The number of aromatic nitrogens is 1. The second-order valence-electron chi connectivity index (χ2n) is 7.91. The molecule has 3 rings (SSSR count). The van der Waals surface area contributed by atoms with E-state index < -0.39 is 0 Å². The lowest BCUT2D eigenvalue weighted by molar-refractivity contribution is -0.0240. The molecule has 1 atom stereocenters. The number of nitrogens with zero attached hydrogens (tertiary/aromatic N) is 2. The molecule has 1 aliphatic rings. The van der Waals surface area contributed by atoms with Gasteiger partial charge in [-0.1, -0.05) is 37.3 Å². The number of ketones is 2. The summed E-state index contributed by atoms with van der Waals surface area (Å²) in [5.74, 6) is -0.291. The van der Waals surface area contributed by atoms with Crippen LogP contribution in [0.3, 0.4) is 0 Å². The number of pyridine rings is 1. The normalized spacial score (nSPS) is 17.1. The Morgan fingerprint density at radius 1 is 1.17 bits per heavy atom. The number of hydrogen-bond donors (Lipinski definition) is 0. The maximum absolute atomic E-state index is 12.9. The molecule has 6 nitrogen and oxygen atoms in total. The van der Waals surface area contributed by atoms with Gasteiger partial charge in [-0.2, -0.15) is 0 Å². The molecule has 1 fully saturated rings. The second-order valence-corrected chi connectivity index (χ2v) is 7.91. The Balaban J connectivity index is 1.75. The molecule has 1 saturated heterocycles. The predicted octanol–water partition coefficient (Wildman–Crippen LogP) is 3.17. The van der Waals surface area contributed by atoms with E-state index in [9.17, 15) is 14.4 Å². The summed E-state index contributed by atoms with van der Waals surface area (Å²) in [6, 6.07) is 11.0. The summed E-state index contributed by atoms with van der Waals surface area (Å²) in [5.41, 5.74) is 1.11. The number of carbonyl (C=O) groups excluding carboxylic acids is 2. The standard InChI is InChI=1S/C24H30N2O4/c1-3-22(27)21-14-19(16-26(24(21)29)15-18-8-5-4-6-9-18)23(28)11-7-10-20-17-25(2)12-13-30-20/h4-6,8-9,14,16,20H,3,7,10-13,15,17H2,1-2H3. The molecule has 6 heteroatoms. The number of morpholine rings is 1. The zero-order valence-corrected chi connectivity index (χ0v) is 17.8. The van der Waals surface area contributed by atoms with Crippen molar-refractivity contribution in [2.24, 2.45) is 0 Å². The van der Waals surface area contributed by atoms with E-state index in [4.69, 9.17) is 4.74 Å². The fraction of sp³-hybridized carbons (Fsp3) is 0.458. The van der Waals surface area contributed by atoms with Gasteiger partial charge in [-0.05, 0) is 31.5 Å². The third kappa shape index (κ3) is 5.74. The minimum Gasteiger partial charge on any atom is -0.376 e. The molecule has 2 heterocycles. The van der Waals surface area contributed by atoms with Crippen LogP contribution in [0.5, 0.6) is 0 Å². The lowest BCUT2D eigenvalue weighted by Gasteiger charge is -2.30. The first kappa shape index (κ1) is 22.1. The molecule has 1 aromatic heterocycles. The van der Waals surface area contributed by atoms with E-state index in [0.29, 0.717) is 24.9 Å². The first-order valence-corrected chi connectivity index (χ1v) is 10.6. The van der Waals surface area contributed by atoms with E-state index in [1.54, 1.807) is 13.1 Å². The van der Waals surface area contributed by atoms with E-state index in [0.717, 1.165) is 31.7 Å². The Morgan fingerprint density at radius 2 is 1.93 bits per heavy atom. The number of carbonyl (C=O) groups is 2. The highest BCUT2D eigenvalue weighted by molar-refractivity contribution is 6.00. The van der Waals surface area contributed by atoms with Crippen LogP contribution in [0.1, 0.15) is 58.9 Å². The van der Waals surface area contributed by atoms with Gasteiger partial charge in [0.05, 0.1) is 24.8 Å². The van der Waals surface area contributed by atoms with Crippen LogP contribution in [-0.4, -0.2) is 53.9 Å². The summed E-state index contributed by atoms with van der Waals surface area (Å²) >= 11 is 0. The maximum atomic E-state index is 12.9. The van der Waals surface area contributed by atoms with Gasteiger partial charge >= 0.3 is 0 Å². The maximum Gasteiger partial charge on any atom is 0.261 e. The van der Waals surface area contributed by atoms with Crippen LogP contribution in [0.25, 0.3) is 0 Å². The van der Waals surface area contributed by atoms with Crippen molar-refractivity contribution in [3.05, 3.63) is 69.6 Å². The van der Waals surface area contributed by atoms with Crippen LogP contribution >= 0.6 is 0 Å². The van der Waals surface area contributed by atoms with Crippen LogP contribution in [0.2, 0.25) is 0 Å². The van der Waals surface area contributed by atoms with Crippen LogP contribution in [-0.2, 0) is 11.3 Å². The van der Waals surface area contributed by atoms with Gasteiger partial charge in [-0.3, -0.25) is 14.4 Å². The van der Waals surface area contributed by atoms with E-state index in [1.165, 1.54) is 10.6 Å². The molecular weight excluding hydrogens is 380 g/mol. The molecule has 1 aromatic carbocycles. The van der Waals surface area contributed by atoms with Crippen molar-refractivity contribution in [2.45, 2.75) is 45.3 Å². The summed E-state index contributed by atoms with van der Waals surface area (Å²) < 4.78 is 7.24. The van der Waals surface area contributed by atoms with Crippen molar-refractivity contribution < 1.29 is 14.3 Å². The Morgan fingerprint density at radius 3 is 2.63 bits per heavy atom. The zero-order valence-electron chi connectivity index (χ0n) is 17.8. The van der Waals surface area contributed by atoms with Gasteiger partial charge in [-0.25, -0.2) is 0 Å². The molecule has 0 radical (unpaired) electrons. The zero-order chi connectivity index (χ0) is 21.5. The molecular formula is C24H30N2O4. The van der Waals surface area contributed by atoms with Crippen molar-refractivity contribution >= 4 is 11.6 Å². The number of rotatable bonds is 9. The molecule has 0 amide bonds. The molecule has 0 aliphatic carbocycles. The Bertz CT molecular complexity index is 936. The van der Waals surface area contributed by atoms with Gasteiger partial charge in [0, 0.05) is 37.7 Å². The second kappa shape index (κ2) is 10.5. The fourth-order valence-corrected chi connectivity index (χ4v) is 3.75. The smallest absolute Gasteiger partial charge is 0.261 e. The number of hydrogen-bond acceptors (Lipinski definition) is 5. The molecule has 0 spiro atoms. The summed E-state index contributed by atoms with van der Waals surface area (Å²) in [4.78, 5) is 40.2. The van der Waals surface area contributed by atoms with Gasteiger partial charge in [0.15, 0.2) is 11.6 Å². The minimum atomic E-state index is -0.346. The van der Waals surface area contributed by atoms with Gasteiger partial charge in [-0.15, -0.1) is 0 Å². The first-order valence-electron chi connectivity index (χ1n) is 10.6. The monoisotopic (exact) mass is 410 g/mol. The highest BCUT2D eigenvalue weighted by atomic mass is 16.5. The molecule has 30 heavy (non-hydrogen) atoms. The predicted molar refractivity (Wildman–Crippen MR) is 116 cm³/mol. The van der Waals surface area contributed by atoms with Crippen LogP contribution in [0, 0.1) is 0 Å². The van der Waals surface area contributed by atoms with Gasteiger partial charge in [0.1, 0.15) is 0 Å². The van der Waals surface area contributed by atoms with Crippen molar-refractivity contribution in [2.75, 3.05) is 26.7 Å². The highest BCUT2D eigenvalue weighted by Crippen LogP contribution is 2.14. The quantitative estimate of drug-likeness (QED) is 0.594. The van der Waals surface area contributed by atoms with E-state index in [1.807, 2.05) is 30.3 Å². The average Bonchev–Trinajstić information content (AvgIpc) is 2.75. The van der Waals surface area contributed by atoms with E-state index in [2.05, 4.69) is 11.9 Å². The SMILES string of the molecule is CCC(=O)c1cc(C(=O)CCCC2CN(C)CCO2)cn(Cc2ccccc2)c1=O. The Kier molecular flexibility index (Phi) is 7.71. The molecule has 0 bridgehead atoms. The molecule has 0 saturated carbocycles. The average molecular weight is 411 g/mol. The number of likely N-dealkylation sites (N-methyl/N-ethyl adjacent to an activating group) is 1. The number of Topliss-reactive ketones (excluding diaryl/α,β-unsaturated/α-hetero) is 2. The van der Waals surface area contributed by atoms with Crippen molar-refractivity contribution in [1.82, 2.24) is 9.47 Å². The van der Waals surface area contributed by atoms with Crippen LogP contribution < -0.4 is 5.56 Å². The summed E-state index contributed by atoms with van der Waals surface area (Å²) in [7, 11) is 2.07. The number of benzene rings is 1. The van der Waals surface area contributed by atoms with Crippen molar-refractivity contribution in [3.8, 4) is 0 Å². The topological polar surface area (TPSA) is 68.6 Å². The van der Waals surface area contributed by atoms with Crippen LogP contribution in [0.15, 0.2) is 47.4 Å². The minimum absolute atomic E-state index is 0.0499. The summed E-state index contributed by atoms with van der Waals surface area (Å²) in [5, 5.41) is 0. The fourth-order valence-electron chi connectivity index (χ4n) is 3.75. The summed E-state index contributed by atoms with van der Waals surface area (Å²) in [6.45, 7) is 4.59. The lowest BCUT2D eigenvalue weighted by Crippen LogP contribution is -2.39. The van der Waals surface area contributed by atoms with Crippen molar-refractivity contribution in [3.63, 3.8) is 0 Å². The Labute approximate surface area is 177 Å². The summed E-state index contributed by atoms with van der Waals surface area (Å²) in [6.07, 6.45) is 3.88. The largest absolute Gasteiger partial charge is 0.376 e. The first-order chi connectivity index (χ1) is 14.5. The van der Waals surface area contributed by atoms with E-state index in [-0.39, 0.29) is 35.2 Å². The molecule has 1 aliphatic heterocycles. The molecule has 160 valence electrons. The highest BCUT2D eigenvalue weighted by Gasteiger charge is 2.19. The molecule has 2 aromatic rings.